The SMILES string of the molecule is N=C(N)N(CCCc1cnc[nH]1)CCC(c1ccccc1)c1ccccc1. The van der Waals surface area contributed by atoms with Crippen LogP contribution in [0.5, 0.6) is 0 Å². The standard InChI is InChI=1S/C22H27N5/c23-22(24)27(14-7-12-20-16-25-17-26-20)15-13-21(18-8-3-1-4-9-18)19-10-5-2-6-11-19/h1-6,8-11,16-17,21H,7,12-15H2,(H3,23,24)(H,25,26). The average Bonchev–Trinajstić information content (AvgIpc) is 3.22. The van der Waals surface area contributed by atoms with Crippen molar-refractivity contribution >= 4 is 5.96 Å². The quantitative estimate of drug-likeness (QED) is 0.401. The Morgan fingerprint density at radius 3 is 2.15 bits per heavy atom. The summed E-state index contributed by atoms with van der Waals surface area (Å²) in [4.78, 5) is 9.13. The molecule has 0 aliphatic heterocycles. The molecule has 2 aromatic carbocycles. The van der Waals surface area contributed by atoms with Gasteiger partial charge in [0.25, 0.3) is 0 Å². The lowest BCUT2D eigenvalue weighted by molar-refractivity contribution is 0.387. The summed E-state index contributed by atoms with van der Waals surface area (Å²) in [5, 5.41) is 7.94. The van der Waals surface area contributed by atoms with E-state index in [1.165, 1.54) is 11.1 Å². The molecule has 1 aromatic heterocycles. The lowest BCUT2D eigenvalue weighted by atomic mass is 9.88. The zero-order chi connectivity index (χ0) is 18.9. The average molecular weight is 361 g/mol. The maximum atomic E-state index is 7.94. The Hall–Kier alpha value is -3.08. The van der Waals surface area contributed by atoms with Gasteiger partial charge in [-0.2, -0.15) is 0 Å². The topological polar surface area (TPSA) is 81.8 Å². The maximum Gasteiger partial charge on any atom is 0.188 e. The van der Waals surface area contributed by atoms with Crippen LogP contribution in [0.15, 0.2) is 73.2 Å². The number of benzene rings is 2. The van der Waals surface area contributed by atoms with Crippen LogP contribution >= 0.6 is 0 Å². The molecular weight excluding hydrogens is 334 g/mol. The molecular formula is C22H27N5. The summed E-state index contributed by atoms with van der Waals surface area (Å²) in [7, 11) is 0. The van der Waals surface area contributed by atoms with Crippen LogP contribution in [0.25, 0.3) is 0 Å². The molecule has 3 aromatic rings. The van der Waals surface area contributed by atoms with Gasteiger partial charge in [0, 0.05) is 30.9 Å². The molecule has 140 valence electrons. The molecule has 1 heterocycles. The zero-order valence-corrected chi connectivity index (χ0v) is 15.5. The van der Waals surface area contributed by atoms with Gasteiger partial charge in [-0.1, -0.05) is 60.7 Å². The minimum atomic E-state index is 0.138. The van der Waals surface area contributed by atoms with Gasteiger partial charge in [-0.15, -0.1) is 0 Å². The van der Waals surface area contributed by atoms with Crippen LogP contribution in [0.3, 0.4) is 0 Å². The van der Waals surface area contributed by atoms with E-state index in [2.05, 4.69) is 58.5 Å². The number of rotatable bonds is 9. The van der Waals surface area contributed by atoms with Crippen molar-refractivity contribution in [3.8, 4) is 0 Å². The first-order valence-corrected chi connectivity index (χ1v) is 9.40. The van der Waals surface area contributed by atoms with Crippen LogP contribution < -0.4 is 5.73 Å². The summed E-state index contributed by atoms with van der Waals surface area (Å²) in [5.41, 5.74) is 9.56. The molecule has 0 aliphatic carbocycles. The Balaban J connectivity index is 1.64. The number of nitrogens with two attached hydrogens (primary N) is 1. The van der Waals surface area contributed by atoms with E-state index in [0.29, 0.717) is 5.92 Å². The second kappa shape index (κ2) is 9.57. The highest BCUT2D eigenvalue weighted by Gasteiger charge is 2.16. The first-order chi connectivity index (χ1) is 13.2. The van der Waals surface area contributed by atoms with Gasteiger partial charge in [0.1, 0.15) is 0 Å². The molecule has 4 N–H and O–H groups in total. The van der Waals surface area contributed by atoms with Crippen molar-refractivity contribution < 1.29 is 0 Å². The number of guanidine groups is 1. The van der Waals surface area contributed by atoms with E-state index in [1.807, 2.05) is 23.2 Å². The predicted octanol–water partition coefficient (Wildman–Crippen LogP) is 3.76. The number of H-pyrrole nitrogens is 1. The van der Waals surface area contributed by atoms with E-state index in [-0.39, 0.29) is 5.96 Å². The Morgan fingerprint density at radius 2 is 1.63 bits per heavy atom. The van der Waals surface area contributed by atoms with E-state index in [9.17, 15) is 0 Å². The lowest BCUT2D eigenvalue weighted by Gasteiger charge is -2.26. The Labute approximate surface area is 160 Å². The van der Waals surface area contributed by atoms with Gasteiger partial charge < -0.3 is 15.6 Å². The first-order valence-electron chi connectivity index (χ1n) is 9.40. The molecule has 0 saturated heterocycles. The number of aromatic amines is 1. The molecule has 3 rings (SSSR count). The van der Waals surface area contributed by atoms with Crippen LogP contribution in [-0.2, 0) is 6.42 Å². The number of nitrogens with zero attached hydrogens (tertiary/aromatic N) is 2. The fraction of sp³-hybridized carbons (Fsp3) is 0.273. The van der Waals surface area contributed by atoms with Gasteiger partial charge in [0.2, 0.25) is 0 Å². The molecule has 5 nitrogen and oxygen atoms in total. The minimum absolute atomic E-state index is 0.138. The maximum absolute atomic E-state index is 7.94. The Bertz CT molecular complexity index is 760. The third-order valence-electron chi connectivity index (χ3n) is 4.86. The first kappa shape index (κ1) is 18.7. The van der Waals surface area contributed by atoms with Gasteiger partial charge in [-0.05, 0) is 30.4 Å². The molecule has 0 unspecified atom stereocenters. The van der Waals surface area contributed by atoms with Crippen LogP contribution in [0.4, 0.5) is 0 Å². The van der Waals surface area contributed by atoms with Gasteiger partial charge in [0.15, 0.2) is 5.96 Å². The predicted molar refractivity (Wildman–Crippen MR) is 110 cm³/mol. The summed E-state index contributed by atoms with van der Waals surface area (Å²) >= 11 is 0. The number of aryl methyl sites for hydroxylation is 1. The summed E-state index contributed by atoms with van der Waals surface area (Å²) < 4.78 is 0. The second-order valence-corrected chi connectivity index (χ2v) is 6.72. The summed E-state index contributed by atoms with van der Waals surface area (Å²) in [6.45, 7) is 1.53. The number of hydrogen-bond acceptors (Lipinski definition) is 2. The number of nitrogens with one attached hydrogen (secondary N) is 2. The third-order valence-corrected chi connectivity index (χ3v) is 4.86. The summed E-state index contributed by atoms with van der Waals surface area (Å²) in [5.74, 6) is 0.432. The van der Waals surface area contributed by atoms with E-state index in [4.69, 9.17) is 11.1 Å². The molecule has 0 fully saturated rings. The smallest absolute Gasteiger partial charge is 0.188 e. The van der Waals surface area contributed by atoms with Crippen molar-refractivity contribution in [2.75, 3.05) is 13.1 Å². The Morgan fingerprint density at radius 1 is 1.00 bits per heavy atom. The van der Waals surface area contributed by atoms with Crippen molar-refractivity contribution in [3.63, 3.8) is 0 Å². The van der Waals surface area contributed by atoms with E-state index in [1.54, 1.807) is 6.33 Å². The molecule has 5 heteroatoms. The van der Waals surface area contributed by atoms with Crippen LogP contribution in [0.2, 0.25) is 0 Å². The number of hydrogen-bond donors (Lipinski definition) is 3. The molecule has 0 radical (unpaired) electrons. The van der Waals surface area contributed by atoms with Crippen molar-refractivity contribution in [1.82, 2.24) is 14.9 Å². The van der Waals surface area contributed by atoms with Crippen LogP contribution in [0, 0.1) is 5.41 Å². The largest absolute Gasteiger partial charge is 0.370 e. The lowest BCUT2D eigenvalue weighted by Crippen LogP contribution is -2.38. The fourth-order valence-corrected chi connectivity index (χ4v) is 3.42. The highest BCUT2D eigenvalue weighted by Crippen LogP contribution is 2.28. The molecule has 0 bridgehead atoms. The number of aromatic nitrogens is 2. The van der Waals surface area contributed by atoms with Crippen LogP contribution in [0.1, 0.15) is 35.6 Å². The van der Waals surface area contributed by atoms with Gasteiger partial charge in [0.05, 0.1) is 6.33 Å². The van der Waals surface area contributed by atoms with Gasteiger partial charge in [-0.25, -0.2) is 4.98 Å². The van der Waals surface area contributed by atoms with Crippen LogP contribution in [-0.4, -0.2) is 33.9 Å². The Kier molecular flexibility index (Phi) is 6.63. The molecule has 0 aliphatic rings. The minimum Gasteiger partial charge on any atom is -0.370 e. The monoisotopic (exact) mass is 361 g/mol. The summed E-state index contributed by atoms with van der Waals surface area (Å²) in [6, 6.07) is 21.1. The second-order valence-electron chi connectivity index (χ2n) is 6.72. The number of imidazole rings is 1. The molecule has 0 atom stereocenters. The van der Waals surface area contributed by atoms with E-state index in [0.717, 1.165) is 38.0 Å². The zero-order valence-electron chi connectivity index (χ0n) is 15.5. The third kappa shape index (κ3) is 5.45. The van der Waals surface area contributed by atoms with E-state index < -0.39 is 0 Å². The summed E-state index contributed by atoms with van der Waals surface area (Å²) in [6.07, 6.45) is 6.30. The van der Waals surface area contributed by atoms with Gasteiger partial charge in [-0.3, -0.25) is 5.41 Å². The normalized spacial score (nSPS) is 10.9. The van der Waals surface area contributed by atoms with Crippen molar-refractivity contribution in [2.24, 2.45) is 5.73 Å². The molecule has 0 saturated carbocycles. The molecule has 27 heavy (non-hydrogen) atoms. The highest BCUT2D eigenvalue weighted by molar-refractivity contribution is 5.74. The van der Waals surface area contributed by atoms with Crippen molar-refractivity contribution in [3.05, 3.63) is 90.0 Å². The van der Waals surface area contributed by atoms with Crippen molar-refractivity contribution in [2.45, 2.75) is 25.2 Å². The molecule has 0 spiro atoms. The molecule has 0 amide bonds. The van der Waals surface area contributed by atoms with E-state index >= 15 is 0 Å². The fourth-order valence-electron chi connectivity index (χ4n) is 3.42. The van der Waals surface area contributed by atoms with Crippen molar-refractivity contribution in [1.29, 1.82) is 5.41 Å². The highest BCUT2D eigenvalue weighted by atomic mass is 15.2. The van der Waals surface area contributed by atoms with Gasteiger partial charge >= 0.3 is 0 Å².